The number of aliphatic hydroxyl groups is 1. The molecule has 0 bridgehead atoms. The lowest BCUT2D eigenvalue weighted by Crippen LogP contribution is -2.43. The van der Waals surface area contributed by atoms with Crippen molar-refractivity contribution in [3.8, 4) is 0 Å². The van der Waals surface area contributed by atoms with Gasteiger partial charge in [-0.1, -0.05) is 30.3 Å². The maximum atomic E-state index is 12.3. The molecular formula is C15H17N3O4. The van der Waals surface area contributed by atoms with Gasteiger partial charge >= 0.3 is 6.03 Å². The van der Waals surface area contributed by atoms with Crippen molar-refractivity contribution in [1.29, 1.82) is 0 Å². The molecule has 2 heterocycles. The molecule has 1 aromatic rings. The number of β-amino-alcohol motifs (C(OH)–C–C–N with tert-alkyl or cyclic N) is 1. The normalized spacial score (nSPS) is 24.8. The zero-order valence-corrected chi connectivity index (χ0v) is 12.0. The van der Waals surface area contributed by atoms with Gasteiger partial charge in [0.1, 0.15) is 12.1 Å². The topological polar surface area (TPSA) is 90.0 Å². The van der Waals surface area contributed by atoms with E-state index >= 15 is 0 Å². The average Bonchev–Trinajstić information content (AvgIpc) is 3.07. The molecule has 7 heteroatoms. The van der Waals surface area contributed by atoms with Crippen LogP contribution in [0.15, 0.2) is 30.3 Å². The summed E-state index contributed by atoms with van der Waals surface area (Å²) < 4.78 is 0. The highest BCUT2D eigenvalue weighted by Crippen LogP contribution is 2.31. The Morgan fingerprint density at radius 3 is 2.64 bits per heavy atom. The molecule has 3 rings (SSSR count). The second-order valence-electron chi connectivity index (χ2n) is 5.60. The summed E-state index contributed by atoms with van der Waals surface area (Å²) >= 11 is 0. The molecule has 0 spiro atoms. The molecule has 2 aliphatic heterocycles. The first-order valence-corrected chi connectivity index (χ1v) is 7.13. The monoisotopic (exact) mass is 303 g/mol. The number of nitrogens with one attached hydrogen (secondary N) is 1. The van der Waals surface area contributed by atoms with Crippen LogP contribution in [0, 0.1) is 0 Å². The fourth-order valence-electron chi connectivity index (χ4n) is 2.84. The van der Waals surface area contributed by atoms with Crippen molar-refractivity contribution in [2.75, 3.05) is 26.2 Å². The van der Waals surface area contributed by atoms with Crippen LogP contribution in [0.1, 0.15) is 12.0 Å². The molecule has 22 heavy (non-hydrogen) atoms. The Balaban J connectivity index is 1.66. The minimum Gasteiger partial charge on any atom is -0.383 e. The number of carbonyl (C=O) groups excluding carboxylic acids is 3. The molecule has 1 atom stereocenters. The molecule has 2 fully saturated rings. The van der Waals surface area contributed by atoms with Gasteiger partial charge in [0.05, 0.1) is 13.1 Å². The number of nitrogens with zero attached hydrogens (tertiary/aromatic N) is 2. The van der Waals surface area contributed by atoms with Crippen LogP contribution in [0.3, 0.4) is 0 Å². The number of hydrogen-bond acceptors (Lipinski definition) is 4. The highest BCUT2D eigenvalue weighted by molar-refractivity contribution is 6.04. The summed E-state index contributed by atoms with van der Waals surface area (Å²) in [4.78, 5) is 37.6. The van der Waals surface area contributed by atoms with Crippen LogP contribution < -0.4 is 5.32 Å². The summed E-state index contributed by atoms with van der Waals surface area (Å²) in [6.45, 7) is 0.211. The molecule has 2 saturated heterocycles. The molecule has 2 N–H and O–H groups in total. The van der Waals surface area contributed by atoms with Crippen LogP contribution in [-0.4, -0.2) is 58.9 Å². The number of rotatable bonds is 3. The van der Waals surface area contributed by atoms with Crippen molar-refractivity contribution >= 4 is 17.8 Å². The first kappa shape index (κ1) is 14.5. The number of imide groups is 1. The molecule has 116 valence electrons. The zero-order valence-electron chi connectivity index (χ0n) is 12.0. The number of benzene rings is 1. The summed E-state index contributed by atoms with van der Waals surface area (Å²) in [6, 6.07) is 8.64. The van der Waals surface area contributed by atoms with E-state index in [1.807, 2.05) is 30.3 Å². The van der Waals surface area contributed by atoms with Crippen LogP contribution in [-0.2, 0) is 15.2 Å². The molecule has 1 aromatic carbocycles. The molecule has 0 saturated carbocycles. The summed E-state index contributed by atoms with van der Waals surface area (Å²) in [5.74, 6) is -0.742. The van der Waals surface area contributed by atoms with Gasteiger partial charge in [-0.15, -0.1) is 0 Å². The van der Waals surface area contributed by atoms with Crippen LogP contribution in [0.2, 0.25) is 0 Å². The van der Waals surface area contributed by atoms with E-state index in [2.05, 4.69) is 5.32 Å². The van der Waals surface area contributed by atoms with Crippen molar-refractivity contribution in [1.82, 2.24) is 15.1 Å². The third-order valence-corrected chi connectivity index (χ3v) is 4.14. The summed E-state index contributed by atoms with van der Waals surface area (Å²) in [5, 5.41) is 13.1. The predicted octanol–water partition coefficient (Wildman–Crippen LogP) is -0.342. The van der Waals surface area contributed by atoms with Crippen molar-refractivity contribution in [3.63, 3.8) is 0 Å². The van der Waals surface area contributed by atoms with E-state index in [1.54, 1.807) is 0 Å². The van der Waals surface area contributed by atoms with Gasteiger partial charge in [0.25, 0.3) is 5.91 Å². The SMILES string of the molecule is O=C(CN1C(=O)CNC1=O)N1CC[C@@](O)(c2ccccc2)C1. The molecule has 0 radical (unpaired) electrons. The van der Waals surface area contributed by atoms with E-state index in [1.165, 1.54) is 4.90 Å². The molecule has 0 aliphatic carbocycles. The minimum absolute atomic E-state index is 0.0694. The Hall–Kier alpha value is -2.41. The first-order chi connectivity index (χ1) is 10.5. The summed E-state index contributed by atoms with van der Waals surface area (Å²) in [6.07, 6.45) is 0.433. The van der Waals surface area contributed by atoms with E-state index in [0.29, 0.717) is 13.0 Å². The van der Waals surface area contributed by atoms with Crippen LogP contribution in [0.25, 0.3) is 0 Å². The molecule has 0 unspecified atom stereocenters. The highest BCUT2D eigenvalue weighted by atomic mass is 16.3. The zero-order chi connectivity index (χ0) is 15.7. The van der Waals surface area contributed by atoms with E-state index < -0.39 is 17.5 Å². The second-order valence-corrected chi connectivity index (χ2v) is 5.60. The second kappa shape index (κ2) is 5.42. The fourth-order valence-corrected chi connectivity index (χ4v) is 2.84. The van der Waals surface area contributed by atoms with Crippen LogP contribution >= 0.6 is 0 Å². The van der Waals surface area contributed by atoms with E-state index in [0.717, 1.165) is 10.5 Å². The molecule has 4 amide bonds. The Morgan fingerprint density at radius 2 is 2.00 bits per heavy atom. The molecule has 2 aliphatic rings. The van der Waals surface area contributed by atoms with Gasteiger partial charge < -0.3 is 15.3 Å². The first-order valence-electron chi connectivity index (χ1n) is 7.13. The van der Waals surface area contributed by atoms with Gasteiger partial charge in [-0.25, -0.2) is 4.79 Å². The van der Waals surface area contributed by atoms with E-state index in [-0.39, 0.29) is 25.5 Å². The van der Waals surface area contributed by atoms with E-state index in [9.17, 15) is 19.5 Å². The lowest BCUT2D eigenvalue weighted by molar-refractivity contribution is -0.136. The van der Waals surface area contributed by atoms with Crippen molar-refractivity contribution in [2.24, 2.45) is 0 Å². The predicted molar refractivity (Wildman–Crippen MR) is 76.6 cm³/mol. The number of carbonyl (C=O) groups is 3. The van der Waals surface area contributed by atoms with Gasteiger partial charge in [-0.05, 0) is 12.0 Å². The Bertz CT molecular complexity index is 602. The third kappa shape index (κ3) is 2.55. The van der Waals surface area contributed by atoms with Gasteiger partial charge in [-0.3, -0.25) is 14.5 Å². The van der Waals surface area contributed by atoms with Gasteiger partial charge in [0.15, 0.2) is 0 Å². The van der Waals surface area contributed by atoms with Gasteiger partial charge in [-0.2, -0.15) is 0 Å². The maximum absolute atomic E-state index is 12.3. The Morgan fingerprint density at radius 1 is 1.27 bits per heavy atom. The summed E-state index contributed by atoms with van der Waals surface area (Å²) in [7, 11) is 0. The molecule has 0 aromatic heterocycles. The van der Waals surface area contributed by atoms with Gasteiger partial charge in [0.2, 0.25) is 5.91 Å². The largest absolute Gasteiger partial charge is 0.383 e. The highest BCUT2D eigenvalue weighted by Gasteiger charge is 2.41. The van der Waals surface area contributed by atoms with Crippen molar-refractivity contribution < 1.29 is 19.5 Å². The standard InChI is InChI=1S/C15H17N3O4/c19-12-8-16-14(21)18(12)9-13(20)17-7-6-15(22,10-17)11-4-2-1-3-5-11/h1-5,22H,6-10H2,(H,16,21)/t15-/m0/s1. The van der Waals surface area contributed by atoms with Crippen molar-refractivity contribution in [2.45, 2.75) is 12.0 Å². The van der Waals surface area contributed by atoms with Crippen LogP contribution in [0.4, 0.5) is 4.79 Å². The Kier molecular flexibility index (Phi) is 3.58. The quantitative estimate of drug-likeness (QED) is 0.748. The fraction of sp³-hybridized carbons (Fsp3) is 0.400. The number of hydrogen-bond donors (Lipinski definition) is 2. The Labute approximate surface area is 127 Å². The summed E-state index contributed by atoms with van der Waals surface area (Å²) in [5.41, 5.74) is -0.311. The maximum Gasteiger partial charge on any atom is 0.325 e. The number of likely N-dealkylation sites (tertiary alicyclic amines) is 1. The van der Waals surface area contributed by atoms with Gasteiger partial charge in [0, 0.05) is 6.54 Å². The molecule has 7 nitrogen and oxygen atoms in total. The molecular weight excluding hydrogens is 286 g/mol. The average molecular weight is 303 g/mol. The van der Waals surface area contributed by atoms with Crippen molar-refractivity contribution in [3.05, 3.63) is 35.9 Å². The minimum atomic E-state index is -1.08. The lowest BCUT2D eigenvalue weighted by Gasteiger charge is -2.24. The van der Waals surface area contributed by atoms with E-state index in [4.69, 9.17) is 0 Å². The smallest absolute Gasteiger partial charge is 0.325 e. The lowest BCUT2D eigenvalue weighted by atomic mass is 9.93. The number of urea groups is 1. The number of amides is 4. The van der Waals surface area contributed by atoms with Crippen LogP contribution in [0.5, 0.6) is 0 Å². The third-order valence-electron chi connectivity index (χ3n) is 4.14.